The maximum Gasteiger partial charge on any atom is 0.0680 e. The third-order valence-electron chi connectivity index (χ3n) is 3.32. The van der Waals surface area contributed by atoms with Crippen LogP contribution in [0.2, 0.25) is 0 Å². The predicted molar refractivity (Wildman–Crippen MR) is 56.8 cm³/mol. The van der Waals surface area contributed by atoms with Crippen molar-refractivity contribution in [2.75, 3.05) is 6.61 Å². The molecule has 13 heavy (non-hydrogen) atoms. The molecule has 1 unspecified atom stereocenters. The second kappa shape index (κ2) is 4.80. The lowest BCUT2D eigenvalue weighted by Crippen LogP contribution is -2.28. The van der Waals surface area contributed by atoms with Gasteiger partial charge < -0.3 is 4.74 Å². The Balaban J connectivity index is 2.56. The number of rotatable bonds is 3. The van der Waals surface area contributed by atoms with Crippen LogP contribution >= 0.6 is 0 Å². The van der Waals surface area contributed by atoms with Gasteiger partial charge in [-0.25, -0.2) is 0 Å². The molecule has 0 N–H and O–H groups in total. The third-order valence-corrected chi connectivity index (χ3v) is 3.32. The van der Waals surface area contributed by atoms with Crippen molar-refractivity contribution in [3.05, 3.63) is 11.1 Å². The van der Waals surface area contributed by atoms with Gasteiger partial charge in [-0.1, -0.05) is 32.3 Å². The lowest BCUT2D eigenvalue weighted by molar-refractivity contribution is 0.0129. The van der Waals surface area contributed by atoms with Crippen LogP contribution in [0, 0.1) is 5.92 Å². The summed E-state index contributed by atoms with van der Waals surface area (Å²) in [5.74, 6) is 0.753. The number of hydrogen-bond acceptors (Lipinski definition) is 1. The van der Waals surface area contributed by atoms with E-state index in [1.165, 1.54) is 18.4 Å². The van der Waals surface area contributed by atoms with Crippen molar-refractivity contribution in [2.24, 2.45) is 5.92 Å². The highest BCUT2D eigenvalue weighted by Crippen LogP contribution is 2.27. The second-order valence-electron chi connectivity index (χ2n) is 4.19. The molecule has 1 heteroatoms. The van der Waals surface area contributed by atoms with Gasteiger partial charge in [-0.15, -0.1) is 0 Å². The van der Waals surface area contributed by atoms with E-state index in [0.29, 0.717) is 6.10 Å². The highest BCUT2D eigenvalue weighted by atomic mass is 16.5. The monoisotopic (exact) mass is 182 g/mol. The van der Waals surface area contributed by atoms with Crippen molar-refractivity contribution in [2.45, 2.75) is 53.1 Å². The zero-order valence-electron chi connectivity index (χ0n) is 9.39. The van der Waals surface area contributed by atoms with E-state index in [0.717, 1.165) is 18.9 Å². The molecule has 0 saturated carbocycles. The van der Waals surface area contributed by atoms with Gasteiger partial charge >= 0.3 is 0 Å². The highest BCUT2D eigenvalue weighted by molar-refractivity contribution is 5.13. The van der Waals surface area contributed by atoms with Crippen LogP contribution in [-0.4, -0.2) is 12.7 Å². The van der Waals surface area contributed by atoms with Gasteiger partial charge in [0.2, 0.25) is 0 Å². The Morgan fingerprint density at radius 2 is 1.85 bits per heavy atom. The van der Waals surface area contributed by atoms with Gasteiger partial charge in [0.1, 0.15) is 0 Å². The minimum absolute atomic E-state index is 0.485. The van der Waals surface area contributed by atoms with Gasteiger partial charge in [-0.2, -0.15) is 0 Å². The normalized spacial score (nSPS) is 24.2. The average molecular weight is 182 g/mol. The van der Waals surface area contributed by atoms with Crippen LogP contribution in [0.25, 0.3) is 0 Å². The fourth-order valence-corrected chi connectivity index (χ4v) is 2.01. The number of hydrogen-bond donors (Lipinski definition) is 0. The van der Waals surface area contributed by atoms with Gasteiger partial charge in [-0.05, 0) is 31.8 Å². The first-order chi connectivity index (χ1) is 6.19. The Morgan fingerprint density at radius 3 is 2.31 bits per heavy atom. The summed E-state index contributed by atoms with van der Waals surface area (Å²) in [4.78, 5) is 0. The van der Waals surface area contributed by atoms with Crippen LogP contribution < -0.4 is 0 Å². The molecule has 0 fully saturated rings. The molecule has 1 atom stereocenters. The summed E-state index contributed by atoms with van der Waals surface area (Å²) in [7, 11) is 0. The first-order valence-electron chi connectivity index (χ1n) is 5.45. The zero-order chi connectivity index (χ0) is 9.84. The fraction of sp³-hybridized carbons (Fsp3) is 0.833. The topological polar surface area (TPSA) is 9.23 Å². The Bertz CT molecular complexity index is 189. The summed E-state index contributed by atoms with van der Waals surface area (Å²) in [5, 5.41) is 0. The Morgan fingerprint density at radius 1 is 1.23 bits per heavy atom. The smallest absolute Gasteiger partial charge is 0.0680 e. The Hall–Kier alpha value is -0.300. The molecule has 0 aromatic rings. The summed E-state index contributed by atoms with van der Waals surface area (Å²) in [6.07, 6.45) is 4.12. The maximum atomic E-state index is 5.85. The SMILES string of the molecule is CCC(CC)C1CC(C)=C(C)CO1. The molecule has 1 heterocycles. The van der Waals surface area contributed by atoms with Crippen LogP contribution in [0.3, 0.4) is 0 Å². The van der Waals surface area contributed by atoms with Crippen LogP contribution in [0.1, 0.15) is 47.0 Å². The zero-order valence-corrected chi connectivity index (χ0v) is 9.39. The van der Waals surface area contributed by atoms with Crippen molar-refractivity contribution in [3.8, 4) is 0 Å². The summed E-state index contributed by atoms with van der Waals surface area (Å²) >= 11 is 0. The van der Waals surface area contributed by atoms with Crippen LogP contribution in [0.4, 0.5) is 0 Å². The van der Waals surface area contributed by atoms with Gasteiger partial charge in [0.15, 0.2) is 0 Å². The molecule has 0 aliphatic carbocycles. The quantitative estimate of drug-likeness (QED) is 0.606. The second-order valence-corrected chi connectivity index (χ2v) is 4.19. The molecule has 1 aliphatic heterocycles. The van der Waals surface area contributed by atoms with E-state index >= 15 is 0 Å². The molecule has 1 rings (SSSR count). The van der Waals surface area contributed by atoms with Gasteiger partial charge in [-0.3, -0.25) is 0 Å². The van der Waals surface area contributed by atoms with Crippen molar-refractivity contribution < 1.29 is 4.74 Å². The third kappa shape index (κ3) is 2.57. The molecular weight excluding hydrogens is 160 g/mol. The van der Waals surface area contributed by atoms with Crippen LogP contribution in [0.5, 0.6) is 0 Å². The molecule has 0 radical (unpaired) electrons. The highest BCUT2D eigenvalue weighted by Gasteiger charge is 2.23. The average Bonchev–Trinajstić information content (AvgIpc) is 2.13. The summed E-state index contributed by atoms with van der Waals surface area (Å²) in [6, 6.07) is 0. The molecule has 0 aromatic heterocycles. The minimum Gasteiger partial charge on any atom is -0.373 e. The Labute approximate surface area is 82.2 Å². The van der Waals surface area contributed by atoms with E-state index < -0.39 is 0 Å². The van der Waals surface area contributed by atoms with Gasteiger partial charge in [0.05, 0.1) is 12.7 Å². The molecule has 1 nitrogen and oxygen atoms in total. The van der Waals surface area contributed by atoms with E-state index in [9.17, 15) is 0 Å². The summed E-state index contributed by atoms with van der Waals surface area (Å²) in [5.41, 5.74) is 2.98. The van der Waals surface area contributed by atoms with E-state index in [1.54, 1.807) is 5.57 Å². The molecule has 76 valence electrons. The molecule has 0 amide bonds. The molecule has 0 spiro atoms. The maximum absolute atomic E-state index is 5.85. The first kappa shape index (κ1) is 10.8. The largest absolute Gasteiger partial charge is 0.373 e. The van der Waals surface area contributed by atoms with Crippen molar-refractivity contribution in [1.29, 1.82) is 0 Å². The number of ether oxygens (including phenoxy) is 1. The molecular formula is C12H22O. The molecule has 0 bridgehead atoms. The summed E-state index contributed by atoms with van der Waals surface area (Å²) < 4.78 is 5.85. The van der Waals surface area contributed by atoms with E-state index in [1.807, 2.05) is 0 Å². The standard InChI is InChI=1S/C12H22O/c1-5-11(6-2)12-7-9(3)10(4)8-13-12/h11-12H,5-8H2,1-4H3. The van der Waals surface area contributed by atoms with Gasteiger partial charge in [0.25, 0.3) is 0 Å². The van der Waals surface area contributed by atoms with Crippen molar-refractivity contribution in [1.82, 2.24) is 0 Å². The van der Waals surface area contributed by atoms with Gasteiger partial charge in [0, 0.05) is 0 Å². The van der Waals surface area contributed by atoms with Crippen LogP contribution in [0.15, 0.2) is 11.1 Å². The fourth-order valence-electron chi connectivity index (χ4n) is 2.01. The first-order valence-corrected chi connectivity index (χ1v) is 5.45. The molecule has 0 saturated heterocycles. The van der Waals surface area contributed by atoms with E-state index in [2.05, 4.69) is 27.7 Å². The molecule has 0 aromatic carbocycles. The van der Waals surface area contributed by atoms with Crippen molar-refractivity contribution >= 4 is 0 Å². The summed E-state index contributed by atoms with van der Waals surface area (Å²) in [6.45, 7) is 9.80. The molecule has 1 aliphatic rings. The van der Waals surface area contributed by atoms with Crippen LogP contribution in [-0.2, 0) is 4.74 Å². The van der Waals surface area contributed by atoms with E-state index in [4.69, 9.17) is 4.74 Å². The minimum atomic E-state index is 0.485. The lowest BCUT2D eigenvalue weighted by atomic mass is 9.89. The lowest BCUT2D eigenvalue weighted by Gasteiger charge is -2.30. The van der Waals surface area contributed by atoms with E-state index in [-0.39, 0.29) is 0 Å². The Kier molecular flexibility index (Phi) is 3.98. The van der Waals surface area contributed by atoms with Crippen molar-refractivity contribution in [3.63, 3.8) is 0 Å². The predicted octanol–water partition coefficient (Wildman–Crippen LogP) is 3.55.